The summed E-state index contributed by atoms with van der Waals surface area (Å²) in [5, 5.41) is 23.1. The number of pyridine rings is 1. The number of amides is 3. The summed E-state index contributed by atoms with van der Waals surface area (Å²) in [6, 6.07) is 14.6. The van der Waals surface area contributed by atoms with E-state index in [1.807, 2.05) is 6.07 Å². The summed E-state index contributed by atoms with van der Waals surface area (Å²) in [6.07, 6.45) is 1.48. The van der Waals surface area contributed by atoms with Gasteiger partial charge in [-0.25, -0.2) is 13.8 Å². The molecular formula is C32H28ClF2N5O4. The Hall–Kier alpha value is -4.40. The number of aromatic nitrogens is 1. The van der Waals surface area contributed by atoms with Gasteiger partial charge in [-0.15, -0.1) is 0 Å². The molecule has 1 saturated heterocycles. The fraction of sp³-hybridized carbons (Fsp3) is 0.344. The average Bonchev–Trinajstić information content (AvgIpc) is 3.63. The molecule has 2 N–H and O–H groups in total. The Morgan fingerprint density at radius 3 is 2.57 bits per heavy atom. The van der Waals surface area contributed by atoms with Crippen molar-refractivity contribution >= 4 is 40.8 Å². The lowest BCUT2D eigenvalue weighted by Gasteiger charge is -2.39. The monoisotopic (exact) mass is 619 g/mol. The maximum absolute atomic E-state index is 14.7. The predicted octanol–water partition coefficient (Wildman–Crippen LogP) is 4.77. The van der Waals surface area contributed by atoms with Crippen molar-refractivity contribution in [3.63, 3.8) is 0 Å². The number of hydrogen-bond donors (Lipinski definition) is 2. The molecule has 44 heavy (non-hydrogen) atoms. The van der Waals surface area contributed by atoms with Crippen molar-refractivity contribution in [1.29, 1.82) is 5.26 Å². The van der Waals surface area contributed by atoms with Crippen LogP contribution in [0.15, 0.2) is 66.9 Å². The van der Waals surface area contributed by atoms with Gasteiger partial charge in [-0.1, -0.05) is 41.9 Å². The summed E-state index contributed by atoms with van der Waals surface area (Å²) >= 11 is 6.60. The first-order valence-corrected chi connectivity index (χ1v) is 14.6. The first-order valence-electron chi connectivity index (χ1n) is 14.3. The van der Waals surface area contributed by atoms with Crippen molar-refractivity contribution in [3.8, 4) is 6.07 Å². The molecule has 0 spiro atoms. The Kier molecular flexibility index (Phi) is 7.59. The highest BCUT2D eigenvalue weighted by Gasteiger charge is 2.49. The molecule has 0 radical (unpaired) electrons. The van der Waals surface area contributed by atoms with E-state index >= 15 is 0 Å². The van der Waals surface area contributed by atoms with Crippen molar-refractivity contribution in [2.45, 2.75) is 68.2 Å². The van der Waals surface area contributed by atoms with Crippen LogP contribution in [0.1, 0.15) is 61.3 Å². The van der Waals surface area contributed by atoms with E-state index in [-0.39, 0.29) is 46.4 Å². The van der Waals surface area contributed by atoms with Crippen LogP contribution in [0, 0.1) is 11.3 Å². The maximum atomic E-state index is 14.7. The third kappa shape index (κ3) is 5.63. The number of benzene rings is 2. The minimum Gasteiger partial charge on any atom is -0.385 e. The first kappa shape index (κ1) is 29.7. The van der Waals surface area contributed by atoms with Gasteiger partial charge in [0.2, 0.25) is 11.8 Å². The SMILES string of the molecule is N#Cc1ccnc(N2C(=O)CCC2C(=O)N(c2cccc(C3(O)CC3)c2)C(C(=O)NC2CC(F)(F)C2)c2ccccc2Cl)c1. The highest BCUT2D eigenvalue weighted by molar-refractivity contribution is 6.31. The second-order valence-electron chi connectivity index (χ2n) is 11.5. The summed E-state index contributed by atoms with van der Waals surface area (Å²) < 4.78 is 27.4. The molecule has 226 valence electrons. The molecule has 1 aliphatic heterocycles. The van der Waals surface area contributed by atoms with Crippen LogP contribution in [0.25, 0.3) is 0 Å². The zero-order valence-corrected chi connectivity index (χ0v) is 24.2. The average molecular weight is 620 g/mol. The molecule has 0 bridgehead atoms. The summed E-state index contributed by atoms with van der Waals surface area (Å²) in [7, 11) is 0. The lowest BCUT2D eigenvalue weighted by Crippen LogP contribution is -2.56. The van der Waals surface area contributed by atoms with Crippen LogP contribution in [0.2, 0.25) is 5.02 Å². The lowest BCUT2D eigenvalue weighted by atomic mass is 9.87. The molecule has 2 heterocycles. The van der Waals surface area contributed by atoms with E-state index in [1.165, 1.54) is 28.1 Å². The Morgan fingerprint density at radius 1 is 1.14 bits per heavy atom. The minimum absolute atomic E-state index is 0.0165. The van der Waals surface area contributed by atoms with Crippen molar-refractivity contribution in [2.75, 3.05) is 9.80 Å². The molecule has 3 aliphatic rings. The van der Waals surface area contributed by atoms with Crippen LogP contribution in [0.4, 0.5) is 20.3 Å². The molecule has 12 heteroatoms. The van der Waals surface area contributed by atoms with Gasteiger partial charge in [0.25, 0.3) is 11.8 Å². The van der Waals surface area contributed by atoms with Gasteiger partial charge < -0.3 is 10.4 Å². The number of carbonyl (C=O) groups excluding carboxylic acids is 3. The van der Waals surface area contributed by atoms with Gasteiger partial charge in [0, 0.05) is 47.8 Å². The van der Waals surface area contributed by atoms with Gasteiger partial charge in [0.1, 0.15) is 17.9 Å². The number of nitrogens with zero attached hydrogens (tertiary/aromatic N) is 4. The van der Waals surface area contributed by atoms with Crippen LogP contribution >= 0.6 is 11.6 Å². The Balaban J connectivity index is 1.47. The minimum atomic E-state index is -2.89. The zero-order chi connectivity index (χ0) is 31.2. The molecule has 3 fully saturated rings. The number of alkyl halides is 2. The van der Waals surface area contributed by atoms with E-state index in [0.29, 0.717) is 18.4 Å². The molecule has 2 unspecified atom stereocenters. The molecule has 2 aromatic carbocycles. The zero-order valence-electron chi connectivity index (χ0n) is 23.4. The van der Waals surface area contributed by atoms with E-state index in [4.69, 9.17) is 11.6 Å². The topological polar surface area (TPSA) is 127 Å². The summed E-state index contributed by atoms with van der Waals surface area (Å²) in [5.41, 5.74) is 0.231. The number of hydrogen-bond acceptors (Lipinski definition) is 6. The van der Waals surface area contributed by atoms with Crippen LogP contribution in [0.3, 0.4) is 0 Å². The van der Waals surface area contributed by atoms with Crippen LogP contribution in [-0.4, -0.2) is 45.8 Å². The van der Waals surface area contributed by atoms with Gasteiger partial charge >= 0.3 is 0 Å². The lowest BCUT2D eigenvalue weighted by molar-refractivity contribution is -0.133. The third-order valence-corrected chi connectivity index (χ3v) is 8.73. The molecule has 1 aromatic heterocycles. The Labute approximate surface area is 257 Å². The number of anilines is 2. The van der Waals surface area contributed by atoms with Crippen molar-refractivity contribution < 1.29 is 28.3 Å². The van der Waals surface area contributed by atoms with E-state index in [1.54, 1.807) is 48.5 Å². The van der Waals surface area contributed by atoms with Crippen molar-refractivity contribution in [1.82, 2.24) is 10.3 Å². The summed E-state index contributed by atoms with van der Waals surface area (Å²) in [5.74, 6) is -4.53. The van der Waals surface area contributed by atoms with E-state index < -0.39 is 54.3 Å². The van der Waals surface area contributed by atoms with E-state index in [9.17, 15) is 33.5 Å². The second-order valence-corrected chi connectivity index (χ2v) is 11.9. The molecule has 3 amide bonds. The number of nitrogens with one attached hydrogen (secondary N) is 1. The largest absolute Gasteiger partial charge is 0.385 e. The highest BCUT2D eigenvalue weighted by atomic mass is 35.5. The fourth-order valence-electron chi connectivity index (χ4n) is 5.88. The standard InChI is InChI=1S/C32H28ClF2N5O4/c33-24-7-2-1-6-23(24)28(29(42)38-21-16-32(34,35)17-21)39(22-5-3-4-20(15-22)31(44)11-12-31)30(43)25-8-9-27(41)40(25)26-14-19(18-36)10-13-37-26/h1-7,10,13-15,21,25,28,44H,8-9,11-12,16-17H2,(H,38,42). The second kappa shape index (κ2) is 11.3. The molecule has 2 aliphatic carbocycles. The van der Waals surface area contributed by atoms with Gasteiger partial charge in [-0.05, 0) is 55.2 Å². The molecule has 9 nitrogen and oxygen atoms in total. The Morgan fingerprint density at radius 2 is 1.89 bits per heavy atom. The van der Waals surface area contributed by atoms with Gasteiger partial charge in [0.05, 0.1) is 17.2 Å². The van der Waals surface area contributed by atoms with Crippen LogP contribution < -0.4 is 15.1 Å². The molecule has 2 saturated carbocycles. The van der Waals surface area contributed by atoms with Crippen molar-refractivity contribution in [3.05, 3.63) is 88.6 Å². The summed E-state index contributed by atoms with van der Waals surface area (Å²) in [6.45, 7) is 0. The van der Waals surface area contributed by atoms with E-state index in [0.717, 1.165) is 0 Å². The number of nitriles is 1. The first-order chi connectivity index (χ1) is 21.0. The third-order valence-electron chi connectivity index (χ3n) is 8.38. The summed E-state index contributed by atoms with van der Waals surface area (Å²) in [4.78, 5) is 48.6. The van der Waals surface area contributed by atoms with Gasteiger partial charge in [-0.3, -0.25) is 24.2 Å². The van der Waals surface area contributed by atoms with Crippen LogP contribution in [-0.2, 0) is 20.0 Å². The maximum Gasteiger partial charge on any atom is 0.252 e. The fourth-order valence-corrected chi connectivity index (χ4v) is 6.12. The quantitative estimate of drug-likeness (QED) is 0.374. The number of carbonyl (C=O) groups is 3. The smallest absolute Gasteiger partial charge is 0.252 e. The normalized spacial score (nSPS) is 20.8. The van der Waals surface area contributed by atoms with Crippen LogP contribution in [0.5, 0.6) is 0 Å². The molecule has 2 atom stereocenters. The molecule has 3 aromatic rings. The number of halogens is 3. The van der Waals surface area contributed by atoms with Gasteiger partial charge in [-0.2, -0.15) is 5.26 Å². The number of rotatable bonds is 8. The predicted molar refractivity (Wildman–Crippen MR) is 157 cm³/mol. The van der Waals surface area contributed by atoms with Gasteiger partial charge in [0.15, 0.2) is 0 Å². The molecule has 6 rings (SSSR count). The van der Waals surface area contributed by atoms with Crippen molar-refractivity contribution in [2.24, 2.45) is 0 Å². The number of aliphatic hydroxyl groups is 1. The highest BCUT2D eigenvalue weighted by Crippen LogP contribution is 2.47. The molecular weight excluding hydrogens is 592 g/mol. The Bertz CT molecular complexity index is 1680. The van der Waals surface area contributed by atoms with E-state index in [2.05, 4.69) is 10.3 Å².